The average molecular weight is 359 g/mol. The summed E-state index contributed by atoms with van der Waals surface area (Å²) in [7, 11) is 1.77. The van der Waals surface area contributed by atoms with Gasteiger partial charge < -0.3 is 14.8 Å². The predicted octanol–water partition coefficient (Wildman–Crippen LogP) is 3.80. The monoisotopic (exact) mass is 359 g/mol. The van der Waals surface area contributed by atoms with Gasteiger partial charge in [-0.1, -0.05) is 19.9 Å². The molecule has 1 aromatic heterocycles. The van der Waals surface area contributed by atoms with E-state index in [9.17, 15) is 4.79 Å². The molecule has 2 aromatic rings. The van der Waals surface area contributed by atoms with Crippen molar-refractivity contribution in [1.29, 1.82) is 0 Å². The first-order valence-electron chi connectivity index (χ1n) is 9.17. The summed E-state index contributed by atoms with van der Waals surface area (Å²) >= 11 is 0. The van der Waals surface area contributed by atoms with Gasteiger partial charge in [0.25, 0.3) is 5.91 Å². The van der Waals surface area contributed by atoms with Gasteiger partial charge in [-0.2, -0.15) is 5.10 Å². The number of aryl methyl sites for hydroxylation is 2. The summed E-state index contributed by atoms with van der Waals surface area (Å²) < 4.78 is 13.2. The fourth-order valence-electron chi connectivity index (χ4n) is 2.63. The first kappa shape index (κ1) is 19.8. The van der Waals surface area contributed by atoms with Crippen LogP contribution in [0, 0.1) is 6.92 Å². The molecule has 0 fully saturated rings. The van der Waals surface area contributed by atoms with Gasteiger partial charge >= 0.3 is 0 Å². The molecule has 6 heteroatoms. The molecule has 0 bridgehead atoms. The zero-order chi connectivity index (χ0) is 19.1. The van der Waals surface area contributed by atoms with Crippen molar-refractivity contribution in [1.82, 2.24) is 15.1 Å². The van der Waals surface area contributed by atoms with E-state index in [1.54, 1.807) is 17.8 Å². The van der Waals surface area contributed by atoms with Gasteiger partial charge in [-0.05, 0) is 50.5 Å². The van der Waals surface area contributed by atoms with Crippen LogP contribution < -0.4 is 14.8 Å². The third kappa shape index (κ3) is 5.00. The summed E-state index contributed by atoms with van der Waals surface area (Å²) in [5.74, 6) is 1.31. The highest BCUT2D eigenvalue weighted by molar-refractivity contribution is 5.92. The Morgan fingerprint density at radius 3 is 2.38 bits per heavy atom. The number of nitrogens with zero attached hydrogens (tertiary/aromatic N) is 2. The van der Waals surface area contributed by atoms with Crippen LogP contribution in [0.25, 0.3) is 0 Å². The molecule has 1 unspecified atom stereocenters. The van der Waals surface area contributed by atoms with E-state index in [2.05, 4.69) is 24.3 Å². The van der Waals surface area contributed by atoms with Gasteiger partial charge in [-0.15, -0.1) is 0 Å². The largest absolute Gasteiger partial charge is 0.490 e. The maximum atomic E-state index is 12.5. The Morgan fingerprint density at radius 2 is 1.81 bits per heavy atom. The molecule has 1 N–H and O–H groups in total. The van der Waals surface area contributed by atoms with Crippen LogP contribution in [0.4, 0.5) is 0 Å². The van der Waals surface area contributed by atoms with Gasteiger partial charge in [0.1, 0.15) is 5.69 Å². The van der Waals surface area contributed by atoms with E-state index in [0.29, 0.717) is 18.9 Å². The molecule has 2 rings (SSSR count). The minimum Gasteiger partial charge on any atom is -0.490 e. The number of rotatable bonds is 9. The minimum atomic E-state index is -0.165. The highest BCUT2D eigenvalue weighted by atomic mass is 16.5. The molecule has 142 valence electrons. The zero-order valence-corrected chi connectivity index (χ0v) is 16.3. The fraction of sp³-hybridized carbons (Fsp3) is 0.500. The van der Waals surface area contributed by atoms with E-state index in [0.717, 1.165) is 35.6 Å². The number of nitrogens with one attached hydrogen (secondary N) is 1. The molecular weight excluding hydrogens is 330 g/mol. The van der Waals surface area contributed by atoms with E-state index >= 15 is 0 Å². The maximum absolute atomic E-state index is 12.5. The normalized spacial score (nSPS) is 11.9. The molecule has 1 amide bonds. The number of benzene rings is 1. The Balaban J connectivity index is 2.15. The summed E-state index contributed by atoms with van der Waals surface area (Å²) in [5.41, 5.74) is 2.32. The first-order valence-corrected chi connectivity index (χ1v) is 9.17. The van der Waals surface area contributed by atoms with E-state index in [1.807, 2.05) is 32.0 Å². The first-order chi connectivity index (χ1) is 12.5. The molecule has 0 saturated heterocycles. The lowest BCUT2D eigenvalue weighted by molar-refractivity contribution is 0.0930. The molecule has 0 radical (unpaired) electrons. The Kier molecular flexibility index (Phi) is 7.06. The third-order valence-electron chi connectivity index (χ3n) is 3.97. The van der Waals surface area contributed by atoms with Crippen molar-refractivity contribution in [2.75, 3.05) is 13.2 Å². The van der Waals surface area contributed by atoms with Crippen LogP contribution in [0.3, 0.4) is 0 Å². The highest BCUT2D eigenvalue weighted by Crippen LogP contribution is 2.31. The standard InChI is InChI=1S/C20H29N3O3/c1-6-10-25-18-9-8-16(13-19(18)26-11-7-2)15(4)21-20(24)17-12-14(3)22-23(17)5/h8-9,12-13,15H,6-7,10-11H2,1-5H3,(H,21,24). The lowest BCUT2D eigenvalue weighted by Crippen LogP contribution is -2.28. The topological polar surface area (TPSA) is 65.4 Å². The molecular formula is C20H29N3O3. The molecule has 0 aliphatic carbocycles. The van der Waals surface area contributed by atoms with E-state index in [-0.39, 0.29) is 11.9 Å². The van der Waals surface area contributed by atoms with Crippen LogP contribution in [0.1, 0.15) is 61.4 Å². The molecule has 26 heavy (non-hydrogen) atoms. The average Bonchev–Trinajstić information content (AvgIpc) is 2.96. The molecule has 0 spiro atoms. The van der Waals surface area contributed by atoms with Crippen LogP contribution in [0.5, 0.6) is 11.5 Å². The number of carbonyl (C=O) groups excluding carboxylic acids is 1. The van der Waals surface area contributed by atoms with E-state index in [1.165, 1.54) is 0 Å². The van der Waals surface area contributed by atoms with Gasteiger partial charge in [0.15, 0.2) is 11.5 Å². The minimum absolute atomic E-state index is 0.150. The summed E-state index contributed by atoms with van der Waals surface area (Å²) in [4.78, 5) is 12.5. The van der Waals surface area contributed by atoms with Crippen LogP contribution in [0.15, 0.2) is 24.3 Å². The van der Waals surface area contributed by atoms with Crippen LogP contribution in [0.2, 0.25) is 0 Å². The quantitative estimate of drug-likeness (QED) is 0.740. The highest BCUT2D eigenvalue weighted by Gasteiger charge is 2.17. The van der Waals surface area contributed by atoms with E-state index < -0.39 is 0 Å². The summed E-state index contributed by atoms with van der Waals surface area (Å²) in [6, 6.07) is 7.43. The van der Waals surface area contributed by atoms with Crippen molar-refractivity contribution in [3.63, 3.8) is 0 Å². The summed E-state index contributed by atoms with van der Waals surface area (Å²) in [6.07, 6.45) is 1.86. The fourth-order valence-corrected chi connectivity index (χ4v) is 2.63. The van der Waals surface area contributed by atoms with Gasteiger partial charge in [-0.3, -0.25) is 9.48 Å². The predicted molar refractivity (Wildman–Crippen MR) is 102 cm³/mol. The Labute approximate surface area is 155 Å². The van der Waals surface area contributed by atoms with Crippen LogP contribution >= 0.6 is 0 Å². The maximum Gasteiger partial charge on any atom is 0.270 e. The van der Waals surface area contributed by atoms with Crippen LogP contribution in [-0.2, 0) is 7.05 Å². The van der Waals surface area contributed by atoms with Crippen molar-refractivity contribution in [2.45, 2.75) is 46.6 Å². The molecule has 1 atom stereocenters. The second-order valence-electron chi connectivity index (χ2n) is 6.39. The smallest absolute Gasteiger partial charge is 0.270 e. The zero-order valence-electron chi connectivity index (χ0n) is 16.3. The Hall–Kier alpha value is -2.50. The van der Waals surface area contributed by atoms with Crippen molar-refractivity contribution in [3.8, 4) is 11.5 Å². The van der Waals surface area contributed by atoms with Crippen molar-refractivity contribution in [3.05, 3.63) is 41.2 Å². The molecule has 0 aliphatic heterocycles. The number of amides is 1. The summed E-state index contributed by atoms with van der Waals surface area (Å²) in [5, 5.41) is 7.24. The second kappa shape index (κ2) is 9.27. The van der Waals surface area contributed by atoms with Crippen molar-refractivity contribution >= 4 is 5.91 Å². The Bertz CT molecular complexity index is 740. The SMILES string of the molecule is CCCOc1ccc(C(C)NC(=O)c2cc(C)nn2C)cc1OCCC. The molecule has 0 aliphatic rings. The molecule has 0 saturated carbocycles. The van der Waals surface area contributed by atoms with Crippen molar-refractivity contribution in [2.24, 2.45) is 7.05 Å². The number of ether oxygens (including phenoxy) is 2. The van der Waals surface area contributed by atoms with Gasteiger partial charge in [0.05, 0.1) is 24.9 Å². The number of aromatic nitrogens is 2. The number of carbonyl (C=O) groups is 1. The van der Waals surface area contributed by atoms with E-state index in [4.69, 9.17) is 9.47 Å². The van der Waals surface area contributed by atoms with Crippen LogP contribution in [-0.4, -0.2) is 28.9 Å². The lowest BCUT2D eigenvalue weighted by atomic mass is 10.1. The number of hydrogen-bond acceptors (Lipinski definition) is 4. The summed E-state index contributed by atoms with van der Waals surface area (Å²) in [6.45, 7) is 9.22. The molecule has 1 aromatic carbocycles. The van der Waals surface area contributed by atoms with Gasteiger partial charge in [0.2, 0.25) is 0 Å². The Morgan fingerprint density at radius 1 is 1.15 bits per heavy atom. The van der Waals surface area contributed by atoms with Crippen molar-refractivity contribution < 1.29 is 14.3 Å². The van der Waals surface area contributed by atoms with Gasteiger partial charge in [-0.25, -0.2) is 0 Å². The second-order valence-corrected chi connectivity index (χ2v) is 6.39. The lowest BCUT2D eigenvalue weighted by Gasteiger charge is -2.18. The third-order valence-corrected chi connectivity index (χ3v) is 3.97. The van der Waals surface area contributed by atoms with Gasteiger partial charge in [0, 0.05) is 7.05 Å². The molecule has 1 heterocycles. The number of hydrogen-bond donors (Lipinski definition) is 1. The molecule has 6 nitrogen and oxygen atoms in total.